The first-order chi connectivity index (χ1) is 8.83. The van der Waals surface area contributed by atoms with Crippen LogP contribution in [-0.4, -0.2) is 16.7 Å². The Balaban J connectivity index is 1.63. The molecule has 0 saturated heterocycles. The summed E-state index contributed by atoms with van der Waals surface area (Å²) in [7, 11) is 0. The highest BCUT2D eigenvalue weighted by Gasteiger charge is 2.17. The van der Waals surface area contributed by atoms with Crippen molar-refractivity contribution in [3.8, 4) is 11.5 Å². The van der Waals surface area contributed by atoms with Crippen molar-refractivity contribution in [2.75, 3.05) is 6.54 Å². The van der Waals surface area contributed by atoms with Gasteiger partial charge in [0.25, 0.3) is 0 Å². The maximum atomic E-state index is 5.63. The molecule has 2 N–H and O–H groups in total. The van der Waals surface area contributed by atoms with Crippen LogP contribution in [0.4, 0.5) is 0 Å². The normalized spacial score (nSPS) is 15.8. The Kier molecular flexibility index (Phi) is 3.19. The molecule has 0 radical (unpaired) electrons. The minimum atomic E-state index is 0.849. The predicted octanol–water partition coefficient (Wildman–Crippen LogP) is 2.87. The van der Waals surface area contributed by atoms with Crippen LogP contribution in [0.15, 0.2) is 22.7 Å². The monoisotopic (exact) mass is 245 g/mol. The summed E-state index contributed by atoms with van der Waals surface area (Å²) in [4.78, 5) is 0. The van der Waals surface area contributed by atoms with E-state index in [1.54, 1.807) is 0 Å². The van der Waals surface area contributed by atoms with Crippen molar-refractivity contribution in [3.63, 3.8) is 0 Å². The van der Waals surface area contributed by atoms with Gasteiger partial charge in [0.05, 0.1) is 6.20 Å². The standard InChI is InChI=1S/C14H19N3O/c1-10-5-6-13(18-10)14-12(9-16-17-14)8-15-7-11-3-2-4-11/h5-6,9,11,15H,2-4,7-8H2,1H3,(H,16,17). The molecule has 0 amide bonds. The van der Waals surface area contributed by atoms with Crippen LogP contribution in [0.2, 0.25) is 0 Å². The summed E-state index contributed by atoms with van der Waals surface area (Å²) in [6, 6.07) is 3.96. The molecule has 0 spiro atoms. The summed E-state index contributed by atoms with van der Waals surface area (Å²) >= 11 is 0. The van der Waals surface area contributed by atoms with Crippen LogP contribution < -0.4 is 5.32 Å². The van der Waals surface area contributed by atoms with Crippen LogP contribution in [-0.2, 0) is 6.54 Å². The van der Waals surface area contributed by atoms with Crippen LogP contribution >= 0.6 is 0 Å². The lowest BCUT2D eigenvalue weighted by Gasteiger charge is -2.25. The molecule has 1 aliphatic carbocycles. The summed E-state index contributed by atoms with van der Waals surface area (Å²) in [5.41, 5.74) is 2.16. The number of hydrogen-bond acceptors (Lipinski definition) is 3. The molecule has 4 heteroatoms. The second-order valence-corrected chi connectivity index (χ2v) is 5.11. The maximum absolute atomic E-state index is 5.63. The minimum absolute atomic E-state index is 0.849. The summed E-state index contributed by atoms with van der Waals surface area (Å²) in [5.74, 6) is 2.67. The third-order valence-corrected chi connectivity index (χ3v) is 3.68. The number of aryl methyl sites for hydroxylation is 1. The number of H-pyrrole nitrogens is 1. The average Bonchev–Trinajstić information content (AvgIpc) is 2.90. The van der Waals surface area contributed by atoms with E-state index in [9.17, 15) is 0 Å². The van der Waals surface area contributed by atoms with Gasteiger partial charge in [0.1, 0.15) is 11.5 Å². The molecule has 2 aromatic rings. The third kappa shape index (κ3) is 2.34. The highest BCUT2D eigenvalue weighted by atomic mass is 16.3. The van der Waals surface area contributed by atoms with Crippen LogP contribution in [0.3, 0.4) is 0 Å². The van der Waals surface area contributed by atoms with Gasteiger partial charge in [-0.3, -0.25) is 5.10 Å². The maximum Gasteiger partial charge on any atom is 0.152 e. The third-order valence-electron chi connectivity index (χ3n) is 3.68. The number of aromatic amines is 1. The summed E-state index contributed by atoms with van der Waals surface area (Å²) in [6.45, 7) is 3.91. The minimum Gasteiger partial charge on any atom is -0.460 e. The van der Waals surface area contributed by atoms with Crippen molar-refractivity contribution in [3.05, 3.63) is 29.7 Å². The molecular weight excluding hydrogens is 226 g/mol. The van der Waals surface area contributed by atoms with Crippen molar-refractivity contribution < 1.29 is 4.42 Å². The molecule has 3 rings (SSSR count). The second-order valence-electron chi connectivity index (χ2n) is 5.11. The van der Waals surface area contributed by atoms with E-state index in [0.717, 1.165) is 36.2 Å². The highest BCUT2D eigenvalue weighted by Crippen LogP contribution is 2.26. The van der Waals surface area contributed by atoms with Gasteiger partial charge in [-0.25, -0.2) is 0 Å². The van der Waals surface area contributed by atoms with Crippen LogP contribution in [0, 0.1) is 12.8 Å². The summed E-state index contributed by atoms with van der Waals surface area (Å²) in [6.07, 6.45) is 6.03. The Morgan fingerprint density at radius 2 is 2.33 bits per heavy atom. The Morgan fingerprint density at radius 1 is 1.44 bits per heavy atom. The van der Waals surface area contributed by atoms with E-state index >= 15 is 0 Å². The topological polar surface area (TPSA) is 53.9 Å². The molecule has 0 aromatic carbocycles. The van der Waals surface area contributed by atoms with Gasteiger partial charge >= 0.3 is 0 Å². The van der Waals surface area contributed by atoms with Gasteiger partial charge in [-0.2, -0.15) is 5.10 Å². The number of nitrogens with one attached hydrogen (secondary N) is 2. The Morgan fingerprint density at radius 3 is 3.00 bits per heavy atom. The van der Waals surface area contributed by atoms with E-state index in [0.29, 0.717) is 0 Å². The molecule has 2 heterocycles. The Labute approximate surface area is 107 Å². The Bertz CT molecular complexity index is 511. The molecule has 0 bridgehead atoms. The van der Waals surface area contributed by atoms with Gasteiger partial charge in [-0.15, -0.1) is 0 Å². The fourth-order valence-corrected chi connectivity index (χ4v) is 2.34. The smallest absolute Gasteiger partial charge is 0.152 e. The number of hydrogen-bond donors (Lipinski definition) is 2. The summed E-state index contributed by atoms with van der Waals surface area (Å²) < 4.78 is 5.63. The van der Waals surface area contributed by atoms with Gasteiger partial charge in [-0.05, 0) is 44.4 Å². The van der Waals surface area contributed by atoms with E-state index in [-0.39, 0.29) is 0 Å². The lowest BCUT2D eigenvalue weighted by molar-refractivity contribution is 0.301. The van der Waals surface area contributed by atoms with Gasteiger partial charge in [0.2, 0.25) is 0 Å². The largest absolute Gasteiger partial charge is 0.460 e. The van der Waals surface area contributed by atoms with Crippen LogP contribution in [0.5, 0.6) is 0 Å². The molecule has 4 nitrogen and oxygen atoms in total. The fourth-order valence-electron chi connectivity index (χ4n) is 2.34. The van der Waals surface area contributed by atoms with Crippen molar-refractivity contribution >= 4 is 0 Å². The van der Waals surface area contributed by atoms with Gasteiger partial charge < -0.3 is 9.73 Å². The lowest BCUT2D eigenvalue weighted by Crippen LogP contribution is -2.26. The zero-order chi connectivity index (χ0) is 12.4. The molecule has 1 fully saturated rings. The van der Waals surface area contributed by atoms with Crippen molar-refractivity contribution in [1.29, 1.82) is 0 Å². The molecule has 0 unspecified atom stereocenters. The number of furan rings is 1. The van der Waals surface area contributed by atoms with E-state index < -0.39 is 0 Å². The highest BCUT2D eigenvalue weighted by molar-refractivity contribution is 5.56. The van der Waals surface area contributed by atoms with E-state index in [1.807, 2.05) is 25.3 Å². The van der Waals surface area contributed by atoms with Gasteiger partial charge in [0.15, 0.2) is 5.76 Å². The number of rotatable bonds is 5. The molecule has 1 saturated carbocycles. The van der Waals surface area contributed by atoms with E-state index in [2.05, 4.69) is 15.5 Å². The molecule has 1 aliphatic rings. The molecule has 2 aromatic heterocycles. The fraction of sp³-hybridized carbons (Fsp3) is 0.500. The van der Waals surface area contributed by atoms with E-state index in [1.165, 1.54) is 24.8 Å². The molecule has 0 atom stereocenters. The van der Waals surface area contributed by atoms with Gasteiger partial charge in [-0.1, -0.05) is 6.42 Å². The first-order valence-electron chi connectivity index (χ1n) is 6.62. The molecular formula is C14H19N3O. The van der Waals surface area contributed by atoms with Crippen LogP contribution in [0.25, 0.3) is 11.5 Å². The number of aromatic nitrogens is 2. The zero-order valence-electron chi connectivity index (χ0n) is 10.7. The SMILES string of the molecule is Cc1ccc(-c2[nH]ncc2CNCC2CCC2)o1. The van der Waals surface area contributed by atoms with E-state index in [4.69, 9.17) is 4.42 Å². The summed E-state index contributed by atoms with van der Waals surface area (Å²) in [5, 5.41) is 10.6. The first kappa shape index (κ1) is 11.5. The molecule has 96 valence electrons. The van der Waals surface area contributed by atoms with Crippen molar-refractivity contribution in [1.82, 2.24) is 15.5 Å². The first-order valence-corrected chi connectivity index (χ1v) is 6.62. The van der Waals surface area contributed by atoms with Crippen molar-refractivity contribution in [2.45, 2.75) is 32.7 Å². The predicted molar refractivity (Wildman–Crippen MR) is 70.1 cm³/mol. The van der Waals surface area contributed by atoms with Gasteiger partial charge in [0, 0.05) is 12.1 Å². The average molecular weight is 245 g/mol. The quantitative estimate of drug-likeness (QED) is 0.851. The van der Waals surface area contributed by atoms with Crippen LogP contribution in [0.1, 0.15) is 30.6 Å². The zero-order valence-corrected chi connectivity index (χ0v) is 10.7. The lowest BCUT2D eigenvalue weighted by atomic mass is 9.85. The molecule has 18 heavy (non-hydrogen) atoms. The molecule has 0 aliphatic heterocycles. The second kappa shape index (κ2) is 4.98. The Hall–Kier alpha value is -1.55. The number of nitrogens with zero attached hydrogens (tertiary/aromatic N) is 1. The van der Waals surface area contributed by atoms with Crippen molar-refractivity contribution in [2.24, 2.45) is 5.92 Å².